The second-order valence-corrected chi connectivity index (χ2v) is 14.3. The highest BCUT2D eigenvalue weighted by Crippen LogP contribution is 2.73. The molecule has 2 saturated carbocycles. The third-order valence-corrected chi connectivity index (χ3v) is 11.7. The Morgan fingerprint density at radius 1 is 1.12 bits per heavy atom. The van der Waals surface area contributed by atoms with Crippen molar-refractivity contribution in [1.29, 1.82) is 0 Å². The summed E-state index contributed by atoms with van der Waals surface area (Å²) in [5.74, 6) is 1.49. The van der Waals surface area contributed by atoms with E-state index in [2.05, 4.69) is 53.7 Å². The van der Waals surface area contributed by atoms with Crippen LogP contribution in [0.5, 0.6) is 0 Å². The van der Waals surface area contributed by atoms with Gasteiger partial charge in [-0.25, -0.2) is 0 Å². The van der Waals surface area contributed by atoms with Gasteiger partial charge < -0.3 is 14.9 Å². The lowest BCUT2D eigenvalue weighted by atomic mass is 9.37. The molecule has 0 bridgehead atoms. The Hall–Kier alpha value is -0.970. The predicted octanol–water partition coefficient (Wildman–Crippen LogP) is 5.62. The van der Waals surface area contributed by atoms with E-state index >= 15 is 0 Å². The quantitative estimate of drug-likeness (QED) is 0.522. The van der Waals surface area contributed by atoms with Crippen LogP contribution in [0.1, 0.15) is 93.9 Å². The van der Waals surface area contributed by atoms with E-state index in [1.807, 2.05) is 0 Å². The number of aliphatic hydroxyl groups excluding tert-OH is 1. The molecule has 0 amide bonds. The Morgan fingerprint density at radius 2 is 1.79 bits per heavy atom. The number of hydrogen-bond acceptors (Lipinski definition) is 4. The van der Waals surface area contributed by atoms with E-state index in [0.29, 0.717) is 30.5 Å². The lowest BCUT2D eigenvalue weighted by Crippen LogP contribution is -2.61. The molecule has 0 radical (unpaired) electrons. The standard InChI is InChI=1S/C30H46O4/c1-17-15-19(31)25(27(4,5)33)34-20-16-30(8)18(24(17)20)9-10-22-28(6)13-12-23(32)26(2,3)21(28)11-14-29(22,30)7/h9-10,17,19-22,25,31,33H,11-16H2,1-8H3/t17-,19+,20+,21+,22+,25+,28+,29+,30+/m1/s1. The molecule has 4 aliphatic carbocycles. The second-order valence-electron chi connectivity index (χ2n) is 14.3. The number of fused-ring (bicyclic) bond motifs is 6. The Kier molecular flexibility index (Phi) is 5.30. The van der Waals surface area contributed by atoms with E-state index < -0.39 is 17.8 Å². The Morgan fingerprint density at radius 3 is 2.44 bits per heavy atom. The van der Waals surface area contributed by atoms with E-state index in [4.69, 9.17) is 4.74 Å². The summed E-state index contributed by atoms with van der Waals surface area (Å²) in [5, 5.41) is 21.7. The van der Waals surface area contributed by atoms with Gasteiger partial charge in [-0.05, 0) is 85.7 Å². The van der Waals surface area contributed by atoms with Crippen molar-refractivity contribution in [2.75, 3.05) is 0 Å². The molecule has 4 nitrogen and oxygen atoms in total. The van der Waals surface area contributed by atoms with Gasteiger partial charge in [0.25, 0.3) is 0 Å². The third-order valence-electron chi connectivity index (χ3n) is 11.7. The minimum Gasteiger partial charge on any atom is -0.390 e. The van der Waals surface area contributed by atoms with Crippen LogP contribution >= 0.6 is 0 Å². The monoisotopic (exact) mass is 470 g/mol. The van der Waals surface area contributed by atoms with Gasteiger partial charge in [-0.2, -0.15) is 0 Å². The van der Waals surface area contributed by atoms with Crippen LogP contribution in [-0.4, -0.2) is 39.9 Å². The smallest absolute Gasteiger partial charge is 0.138 e. The van der Waals surface area contributed by atoms with Gasteiger partial charge in [0.2, 0.25) is 0 Å². The topological polar surface area (TPSA) is 66.8 Å². The average molecular weight is 471 g/mol. The van der Waals surface area contributed by atoms with Crippen LogP contribution in [0.4, 0.5) is 0 Å². The van der Waals surface area contributed by atoms with Crippen molar-refractivity contribution < 1.29 is 19.7 Å². The minimum absolute atomic E-state index is 0.0211. The number of carbonyl (C=O) groups is 1. The van der Waals surface area contributed by atoms with Crippen LogP contribution < -0.4 is 0 Å². The maximum atomic E-state index is 12.9. The summed E-state index contributed by atoms with van der Waals surface area (Å²) < 4.78 is 6.61. The highest BCUT2D eigenvalue weighted by atomic mass is 16.5. The summed E-state index contributed by atoms with van der Waals surface area (Å²) in [5.41, 5.74) is 1.59. The number of Topliss-reactive ketones (excluding diaryl/α,β-unsaturated/α-hetero) is 1. The lowest BCUT2D eigenvalue weighted by Gasteiger charge is -2.66. The van der Waals surface area contributed by atoms with Gasteiger partial charge in [-0.3, -0.25) is 4.79 Å². The predicted molar refractivity (Wildman–Crippen MR) is 134 cm³/mol. The van der Waals surface area contributed by atoms with Crippen molar-refractivity contribution in [3.8, 4) is 0 Å². The van der Waals surface area contributed by atoms with Gasteiger partial charge in [-0.1, -0.05) is 53.7 Å². The molecule has 0 unspecified atom stereocenters. The third kappa shape index (κ3) is 3.03. The normalized spacial score (nSPS) is 50.2. The molecule has 190 valence electrons. The molecule has 0 aromatic carbocycles. The molecule has 1 aliphatic heterocycles. The first kappa shape index (κ1) is 24.7. The Bertz CT molecular complexity index is 953. The van der Waals surface area contributed by atoms with E-state index in [9.17, 15) is 15.0 Å². The summed E-state index contributed by atoms with van der Waals surface area (Å²) in [6.07, 6.45) is 8.96. The summed E-state index contributed by atoms with van der Waals surface area (Å²) in [7, 11) is 0. The van der Waals surface area contributed by atoms with Crippen LogP contribution in [0.2, 0.25) is 0 Å². The maximum Gasteiger partial charge on any atom is 0.138 e. The molecule has 2 N–H and O–H groups in total. The fourth-order valence-corrected chi connectivity index (χ4v) is 9.66. The highest BCUT2D eigenvalue weighted by molar-refractivity contribution is 5.85. The molecule has 0 spiro atoms. The van der Waals surface area contributed by atoms with Crippen LogP contribution in [0.25, 0.3) is 0 Å². The van der Waals surface area contributed by atoms with Crippen molar-refractivity contribution in [2.45, 2.75) is 118 Å². The number of allylic oxidation sites excluding steroid dienone is 3. The summed E-state index contributed by atoms with van der Waals surface area (Å²) in [4.78, 5) is 12.9. The van der Waals surface area contributed by atoms with E-state index in [1.165, 1.54) is 11.1 Å². The summed E-state index contributed by atoms with van der Waals surface area (Å²) >= 11 is 0. The minimum atomic E-state index is -1.10. The largest absolute Gasteiger partial charge is 0.390 e. The fourth-order valence-electron chi connectivity index (χ4n) is 9.66. The number of ether oxygens (including phenoxy) is 1. The molecule has 1 heterocycles. The SMILES string of the molecule is C[C@@H]1C[C@H](O)[C@@H](C(C)(C)O)O[C@H]2C[C@@]3(C)C(=C12)C=C[C@H]1[C@@]2(C)CCC(=O)C(C)(C)[C@@H]2CC[C@@]13C. The molecule has 0 aromatic heterocycles. The van der Waals surface area contributed by atoms with Gasteiger partial charge >= 0.3 is 0 Å². The molecule has 3 fully saturated rings. The fraction of sp³-hybridized carbons (Fsp3) is 0.833. The molecular formula is C30H46O4. The average Bonchev–Trinajstić information content (AvgIpc) is 2.94. The maximum absolute atomic E-state index is 12.9. The molecule has 0 aromatic rings. The first-order valence-electron chi connectivity index (χ1n) is 13.6. The number of aliphatic hydroxyl groups is 2. The van der Waals surface area contributed by atoms with Crippen molar-refractivity contribution in [2.24, 2.45) is 39.4 Å². The first-order valence-corrected chi connectivity index (χ1v) is 13.6. The van der Waals surface area contributed by atoms with Crippen molar-refractivity contribution in [1.82, 2.24) is 0 Å². The van der Waals surface area contributed by atoms with E-state index in [1.54, 1.807) is 13.8 Å². The van der Waals surface area contributed by atoms with Gasteiger partial charge in [0, 0.05) is 17.3 Å². The summed E-state index contributed by atoms with van der Waals surface area (Å²) in [6, 6.07) is 0. The van der Waals surface area contributed by atoms with Gasteiger partial charge in [0.05, 0.1) is 17.8 Å². The van der Waals surface area contributed by atoms with Gasteiger partial charge in [0.15, 0.2) is 0 Å². The summed E-state index contributed by atoms with van der Waals surface area (Å²) in [6.45, 7) is 17.5. The number of carbonyl (C=O) groups excluding carboxylic acids is 1. The number of ketones is 1. The zero-order chi connectivity index (χ0) is 25.1. The second kappa shape index (κ2) is 7.29. The number of rotatable bonds is 1. The first-order chi connectivity index (χ1) is 15.6. The Balaban J connectivity index is 1.59. The molecule has 4 heteroatoms. The van der Waals surface area contributed by atoms with Crippen molar-refractivity contribution in [3.63, 3.8) is 0 Å². The number of hydrogen-bond donors (Lipinski definition) is 2. The van der Waals surface area contributed by atoms with Crippen LogP contribution in [0, 0.1) is 39.4 Å². The molecule has 5 rings (SSSR count). The highest BCUT2D eigenvalue weighted by Gasteiger charge is 2.67. The molecule has 5 aliphatic rings. The zero-order valence-corrected chi connectivity index (χ0v) is 22.6. The zero-order valence-electron chi connectivity index (χ0n) is 22.6. The lowest BCUT2D eigenvalue weighted by molar-refractivity contribution is -0.173. The van der Waals surface area contributed by atoms with Crippen molar-refractivity contribution in [3.05, 3.63) is 23.3 Å². The van der Waals surface area contributed by atoms with Gasteiger partial charge in [0.1, 0.15) is 11.9 Å². The van der Waals surface area contributed by atoms with Crippen LogP contribution in [0.3, 0.4) is 0 Å². The Labute approximate surface area is 206 Å². The molecule has 1 saturated heterocycles. The molecular weight excluding hydrogens is 424 g/mol. The van der Waals surface area contributed by atoms with E-state index in [-0.39, 0.29) is 33.7 Å². The van der Waals surface area contributed by atoms with E-state index in [0.717, 1.165) is 25.7 Å². The van der Waals surface area contributed by atoms with Crippen LogP contribution in [-0.2, 0) is 9.53 Å². The van der Waals surface area contributed by atoms with Crippen molar-refractivity contribution >= 4 is 5.78 Å². The molecule has 9 atom stereocenters. The molecule has 34 heavy (non-hydrogen) atoms. The van der Waals surface area contributed by atoms with Crippen LogP contribution in [0.15, 0.2) is 23.3 Å². The van der Waals surface area contributed by atoms with Gasteiger partial charge in [-0.15, -0.1) is 0 Å².